The summed E-state index contributed by atoms with van der Waals surface area (Å²) in [5, 5.41) is 6.07. The van der Waals surface area contributed by atoms with Gasteiger partial charge in [0.25, 0.3) is 5.91 Å². The highest BCUT2D eigenvalue weighted by Crippen LogP contribution is 2.33. The zero-order chi connectivity index (χ0) is 11.5. The second kappa shape index (κ2) is 4.56. The van der Waals surface area contributed by atoms with Crippen LogP contribution in [0.3, 0.4) is 0 Å². The maximum atomic E-state index is 11.5. The Morgan fingerprint density at radius 1 is 1.44 bits per heavy atom. The highest BCUT2D eigenvalue weighted by atomic mass is 16.1. The van der Waals surface area contributed by atoms with Gasteiger partial charge in [0.15, 0.2) is 0 Å². The third-order valence-electron chi connectivity index (χ3n) is 3.08. The van der Waals surface area contributed by atoms with Gasteiger partial charge in [0.2, 0.25) is 0 Å². The van der Waals surface area contributed by atoms with Gasteiger partial charge in [0.1, 0.15) is 0 Å². The lowest BCUT2D eigenvalue weighted by atomic mass is 10.1. The van der Waals surface area contributed by atoms with E-state index in [4.69, 9.17) is 0 Å². The van der Waals surface area contributed by atoms with Gasteiger partial charge < -0.3 is 10.6 Å². The van der Waals surface area contributed by atoms with Crippen LogP contribution < -0.4 is 10.6 Å². The Kier molecular flexibility index (Phi) is 3.13. The van der Waals surface area contributed by atoms with Gasteiger partial charge in [-0.1, -0.05) is 6.07 Å². The predicted molar refractivity (Wildman–Crippen MR) is 65.6 cm³/mol. The molecule has 1 unspecified atom stereocenters. The van der Waals surface area contributed by atoms with Gasteiger partial charge in [0.05, 0.1) is 0 Å². The van der Waals surface area contributed by atoms with E-state index in [9.17, 15) is 4.79 Å². The van der Waals surface area contributed by atoms with Crippen LogP contribution in [0.1, 0.15) is 30.1 Å². The summed E-state index contributed by atoms with van der Waals surface area (Å²) in [6, 6.07) is 8.14. The first kappa shape index (κ1) is 11.0. The number of anilines is 1. The molecule has 0 radical (unpaired) electrons. The van der Waals surface area contributed by atoms with Crippen molar-refractivity contribution < 1.29 is 4.79 Å². The molecule has 0 aliphatic heterocycles. The van der Waals surface area contributed by atoms with Crippen LogP contribution >= 0.6 is 0 Å². The molecular weight excluding hydrogens is 200 g/mol. The van der Waals surface area contributed by atoms with Gasteiger partial charge in [-0.2, -0.15) is 0 Å². The standard InChI is InChI=1S/C13H18N2O/c1-9(10-6-7-10)15-12-5-3-4-11(8-12)13(16)14-2/h3-5,8-10,15H,6-7H2,1-2H3,(H,14,16). The van der Waals surface area contributed by atoms with Gasteiger partial charge in [-0.05, 0) is 43.9 Å². The van der Waals surface area contributed by atoms with Crippen LogP contribution in [-0.2, 0) is 0 Å². The van der Waals surface area contributed by atoms with Gasteiger partial charge in [0, 0.05) is 24.3 Å². The lowest BCUT2D eigenvalue weighted by Crippen LogP contribution is -2.20. The average Bonchev–Trinajstić information content (AvgIpc) is 3.12. The lowest BCUT2D eigenvalue weighted by Gasteiger charge is -2.14. The minimum Gasteiger partial charge on any atom is -0.382 e. The molecular formula is C13H18N2O. The molecule has 0 saturated heterocycles. The van der Waals surface area contributed by atoms with Crippen LogP contribution in [0.4, 0.5) is 5.69 Å². The molecule has 1 aromatic carbocycles. The summed E-state index contributed by atoms with van der Waals surface area (Å²) in [4.78, 5) is 11.5. The van der Waals surface area contributed by atoms with E-state index in [2.05, 4.69) is 17.6 Å². The van der Waals surface area contributed by atoms with Gasteiger partial charge >= 0.3 is 0 Å². The fourth-order valence-electron chi connectivity index (χ4n) is 1.87. The third kappa shape index (κ3) is 2.54. The van der Waals surface area contributed by atoms with Crippen LogP contribution in [0.5, 0.6) is 0 Å². The van der Waals surface area contributed by atoms with E-state index in [0.29, 0.717) is 11.6 Å². The molecule has 0 heterocycles. The van der Waals surface area contributed by atoms with Crippen molar-refractivity contribution in [3.05, 3.63) is 29.8 Å². The Bertz CT molecular complexity index is 385. The molecule has 2 rings (SSSR count). The Balaban J connectivity index is 2.06. The fraction of sp³-hybridized carbons (Fsp3) is 0.462. The smallest absolute Gasteiger partial charge is 0.251 e. The fourth-order valence-corrected chi connectivity index (χ4v) is 1.87. The van der Waals surface area contributed by atoms with Crippen molar-refractivity contribution in [3.63, 3.8) is 0 Å². The van der Waals surface area contributed by atoms with Crippen LogP contribution in [0.25, 0.3) is 0 Å². The van der Waals surface area contributed by atoms with E-state index < -0.39 is 0 Å². The minimum atomic E-state index is -0.0391. The largest absolute Gasteiger partial charge is 0.382 e. The molecule has 1 atom stereocenters. The highest BCUT2D eigenvalue weighted by molar-refractivity contribution is 5.94. The maximum Gasteiger partial charge on any atom is 0.251 e. The number of carbonyl (C=O) groups is 1. The number of hydrogen-bond acceptors (Lipinski definition) is 2. The van der Waals surface area contributed by atoms with Crippen molar-refractivity contribution in [2.24, 2.45) is 5.92 Å². The topological polar surface area (TPSA) is 41.1 Å². The summed E-state index contributed by atoms with van der Waals surface area (Å²) in [5.41, 5.74) is 1.73. The average molecular weight is 218 g/mol. The number of amides is 1. The molecule has 1 aliphatic rings. The Labute approximate surface area is 96.2 Å². The second-order valence-corrected chi connectivity index (χ2v) is 4.43. The van der Waals surface area contributed by atoms with Gasteiger partial charge in [-0.3, -0.25) is 4.79 Å². The Morgan fingerprint density at radius 3 is 2.81 bits per heavy atom. The number of benzene rings is 1. The number of hydrogen-bond donors (Lipinski definition) is 2. The van der Waals surface area contributed by atoms with Crippen molar-refractivity contribution in [1.82, 2.24) is 5.32 Å². The first-order valence-corrected chi connectivity index (χ1v) is 5.79. The maximum absolute atomic E-state index is 11.5. The molecule has 16 heavy (non-hydrogen) atoms. The van der Waals surface area contributed by atoms with Crippen LogP contribution in [0, 0.1) is 5.92 Å². The molecule has 3 nitrogen and oxygen atoms in total. The van der Waals surface area contributed by atoms with Crippen molar-refractivity contribution in [2.45, 2.75) is 25.8 Å². The van der Waals surface area contributed by atoms with E-state index in [1.54, 1.807) is 7.05 Å². The van der Waals surface area contributed by atoms with Gasteiger partial charge in [-0.25, -0.2) is 0 Å². The molecule has 0 spiro atoms. The molecule has 3 heteroatoms. The summed E-state index contributed by atoms with van der Waals surface area (Å²) in [7, 11) is 1.65. The summed E-state index contributed by atoms with van der Waals surface area (Å²) in [6.45, 7) is 2.20. The number of rotatable bonds is 4. The summed E-state index contributed by atoms with van der Waals surface area (Å²) < 4.78 is 0. The first-order valence-electron chi connectivity index (χ1n) is 5.79. The zero-order valence-corrected chi connectivity index (χ0v) is 9.79. The molecule has 1 fully saturated rings. The molecule has 0 aromatic heterocycles. The van der Waals surface area contributed by atoms with Gasteiger partial charge in [-0.15, -0.1) is 0 Å². The van der Waals surface area contributed by atoms with E-state index in [-0.39, 0.29) is 5.91 Å². The molecule has 1 aliphatic carbocycles. The second-order valence-electron chi connectivity index (χ2n) is 4.43. The quantitative estimate of drug-likeness (QED) is 0.814. The molecule has 0 bridgehead atoms. The van der Waals surface area contributed by atoms with Crippen LogP contribution in [0.15, 0.2) is 24.3 Å². The molecule has 86 valence electrons. The number of carbonyl (C=O) groups excluding carboxylic acids is 1. The number of nitrogens with one attached hydrogen (secondary N) is 2. The summed E-state index contributed by atoms with van der Waals surface area (Å²) in [6.07, 6.45) is 2.65. The van der Waals surface area contributed by atoms with E-state index in [1.165, 1.54) is 12.8 Å². The first-order chi connectivity index (χ1) is 7.70. The SMILES string of the molecule is CNC(=O)c1cccc(NC(C)C2CC2)c1. The molecule has 1 aromatic rings. The normalized spacial score (nSPS) is 16.6. The Morgan fingerprint density at radius 2 is 2.19 bits per heavy atom. The van der Waals surface area contributed by atoms with Crippen LogP contribution in [-0.4, -0.2) is 19.0 Å². The summed E-state index contributed by atoms with van der Waals surface area (Å²) in [5.74, 6) is 0.770. The monoisotopic (exact) mass is 218 g/mol. The van der Waals surface area contributed by atoms with E-state index in [0.717, 1.165) is 11.6 Å². The van der Waals surface area contributed by atoms with E-state index >= 15 is 0 Å². The van der Waals surface area contributed by atoms with E-state index in [1.807, 2.05) is 24.3 Å². The zero-order valence-electron chi connectivity index (χ0n) is 9.79. The Hall–Kier alpha value is -1.51. The van der Waals surface area contributed by atoms with Crippen molar-refractivity contribution in [1.29, 1.82) is 0 Å². The summed E-state index contributed by atoms with van der Waals surface area (Å²) >= 11 is 0. The lowest BCUT2D eigenvalue weighted by molar-refractivity contribution is 0.0963. The predicted octanol–water partition coefficient (Wildman–Crippen LogP) is 2.26. The van der Waals surface area contributed by atoms with Crippen LogP contribution in [0.2, 0.25) is 0 Å². The van der Waals surface area contributed by atoms with Crippen molar-refractivity contribution >= 4 is 11.6 Å². The molecule has 1 amide bonds. The van der Waals surface area contributed by atoms with Crippen molar-refractivity contribution in [3.8, 4) is 0 Å². The minimum absolute atomic E-state index is 0.0391. The highest BCUT2D eigenvalue weighted by Gasteiger charge is 2.27. The molecule has 1 saturated carbocycles. The third-order valence-corrected chi connectivity index (χ3v) is 3.08. The van der Waals surface area contributed by atoms with Crippen molar-refractivity contribution in [2.75, 3.05) is 12.4 Å². The molecule has 2 N–H and O–H groups in total.